The molecule has 1 aromatic heterocycles. The molecule has 1 fully saturated rings. The Morgan fingerprint density at radius 1 is 1.38 bits per heavy atom. The molecule has 1 aromatic rings. The predicted octanol–water partition coefficient (Wildman–Crippen LogP) is 1.53. The highest BCUT2D eigenvalue weighted by molar-refractivity contribution is 5.96. The maximum atomic E-state index is 12.2. The zero-order valence-corrected chi connectivity index (χ0v) is 12.0. The summed E-state index contributed by atoms with van der Waals surface area (Å²) in [6.07, 6.45) is 3.44. The molecule has 3 N–H and O–H groups in total. The first-order valence-electron chi connectivity index (χ1n) is 7.22. The fourth-order valence-corrected chi connectivity index (χ4v) is 2.84. The van der Waals surface area contributed by atoms with Crippen LogP contribution in [0.25, 0.3) is 0 Å². The van der Waals surface area contributed by atoms with Gasteiger partial charge in [-0.15, -0.1) is 0 Å². The Hall–Kier alpha value is -2.11. The van der Waals surface area contributed by atoms with E-state index in [0.29, 0.717) is 18.8 Å². The van der Waals surface area contributed by atoms with Crippen molar-refractivity contribution < 1.29 is 14.7 Å². The third kappa shape index (κ3) is 3.32. The Kier molecular flexibility index (Phi) is 4.45. The second-order valence-electron chi connectivity index (χ2n) is 5.62. The summed E-state index contributed by atoms with van der Waals surface area (Å²) in [4.78, 5) is 37.4. The Morgan fingerprint density at radius 2 is 2.05 bits per heavy atom. The number of carboxylic acids is 1. The number of aliphatic carboxylic acids is 1. The van der Waals surface area contributed by atoms with Gasteiger partial charge in [-0.05, 0) is 37.7 Å². The summed E-state index contributed by atoms with van der Waals surface area (Å²) in [5.74, 6) is -1.04. The molecule has 0 saturated heterocycles. The van der Waals surface area contributed by atoms with E-state index >= 15 is 0 Å². The van der Waals surface area contributed by atoms with Crippen molar-refractivity contribution in [1.82, 2.24) is 10.3 Å². The van der Waals surface area contributed by atoms with E-state index < -0.39 is 17.4 Å². The SMILES string of the molecule is CCC1CCC(NC(=O)c2cccc(=O)[nH]2)(C(=O)O)CC1. The molecule has 1 saturated carbocycles. The zero-order valence-electron chi connectivity index (χ0n) is 12.0. The minimum atomic E-state index is -1.23. The van der Waals surface area contributed by atoms with E-state index in [4.69, 9.17) is 0 Å². The lowest BCUT2D eigenvalue weighted by Crippen LogP contribution is -2.56. The second-order valence-corrected chi connectivity index (χ2v) is 5.62. The summed E-state index contributed by atoms with van der Waals surface area (Å²) >= 11 is 0. The molecule has 6 heteroatoms. The van der Waals surface area contributed by atoms with Crippen molar-refractivity contribution >= 4 is 11.9 Å². The van der Waals surface area contributed by atoms with E-state index in [1.807, 2.05) is 0 Å². The third-order valence-corrected chi connectivity index (χ3v) is 4.31. The number of carboxylic acid groups (broad SMARTS) is 1. The molecule has 0 bridgehead atoms. The third-order valence-electron chi connectivity index (χ3n) is 4.31. The molecule has 0 aromatic carbocycles. The fraction of sp³-hybridized carbons (Fsp3) is 0.533. The maximum absolute atomic E-state index is 12.2. The van der Waals surface area contributed by atoms with Gasteiger partial charge in [-0.3, -0.25) is 9.59 Å². The van der Waals surface area contributed by atoms with Crippen molar-refractivity contribution in [1.29, 1.82) is 0 Å². The van der Waals surface area contributed by atoms with E-state index in [0.717, 1.165) is 19.3 Å². The smallest absolute Gasteiger partial charge is 0.329 e. The molecule has 1 aliphatic rings. The van der Waals surface area contributed by atoms with Crippen LogP contribution in [-0.2, 0) is 4.79 Å². The number of carbonyl (C=O) groups excluding carboxylic acids is 1. The van der Waals surface area contributed by atoms with Crippen molar-refractivity contribution in [3.63, 3.8) is 0 Å². The molecule has 6 nitrogen and oxygen atoms in total. The van der Waals surface area contributed by atoms with Crippen molar-refractivity contribution in [3.05, 3.63) is 34.2 Å². The average Bonchev–Trinajstić information content (AvgIpc) is 2.47. The van der Waals surface area contributed by atoms with Crippen molar-refractivity contribution in [2.45, 2.75) is 44.6 Å². The van der Waals surface area contributed by atoms with Crippen LogP contribution in [0.2, 0.25) is 0 Å². The summed E-state index contributed by atoms with van der Waals surface area (Å²) in [5, 5.41) is 12.1. The van der Waals surface area contributed by atoms with Gasteiger partial charge in [0.05, 0.1) is 0 Å². The first kappa shape index (κ1) is 15.3. The number of hydrogen-bond acceptors (Lipinski definition) is 3. The highest BCUT2D eigenvalue weighted by Crippen LogP contribution is 2.34. The van der Waals surface area contributed by atoms with Crippen molar-refractivity contribution in [2.75, 3.05) is 0 Å². The minimum absolute atomic E-state index is 0.0840. The average molecular weight is 292 g/mol. The Bertz CT molecular complexity index is 585. The normalized spacial score (nSPS) is 25.3. The van der Waals surface area contributed by atoms with Crippen LogP contribution in [-0.4, -0.2) is 27.5 Å². The minimum Gasteiger partial charge on any atom is -0.480 e. The molecule has 21 heavy (non-hydrogen) atoms. The van der Waals surface area contributed by atoms with Crippen LogP contribution >= 0.6 is 0 Å². The van der Waals surface area contributed by atoms with Gasteiger partial charge in [0, 0.05) is 6.07 Å². The summed E-state index contributed by atoms with van der Waals surface area (Å²) in [7, 11) is 0. The summed E-state index contributed by atoms with van der Waals surface area (Å²) in [5.41, 5.74) is -1.53. The van der Waals surface area contributed by atoms with E-state index in [2.05, 4.69) is 17.2 Å². The largest absolute Gasteiger partial charge is 0.480 e. The lowest BCUT2D eigenvalue weighted by Gasteiger charge is -2.37. The van der Waals surface area contributed by atoms with Crippen LogP contribution in [0.15, 0.2) is 23.0 Å². The maximum Gasteiger partial charge on any atom is 0.329 e. The predicted molar refractivity (Wildman–Crippen MR) is 77.1 cm³/mol. The summed E-state index contributed by atoms with van der Waals surface area (Å²) < 4.78 is 0. The molecule has 0 spiro atoms. The number of aromatic amines is 1. The van der Waals surface area contributed by atoms with E-state index in [-0.39, 0.29) is 11.3 Å². The first-order valence-corrected chi connectivity index (χ1v) is 7.22. The number of pyridine rings is 1. The number of rotatable bonds is 4. The number of amides is 1. The summed E-state index contributed by atoms with van der Waals surface area (Å²) in [6.45, 7) is 2.09. The number of carbonyl (C=O) groups is 2. The Balaban J connectivity index is 2.16. The quantitative estimate of drug-likeness (QED) is 0.783. The van der Waals surface area contributed by atoms with Crippen LogP contribution in [0.1, 0.15) is 49.5 Å². The standard InChI is InChI=1S/C15H20N2O4/c1-2-10-6-8-15(9-7-10,14(20)21)17-13(19)11-4-3-5-12(18)16-11/h3-5,10H,2,6-9H2,1H3,(H,16,18)(H,17,19)(H,20,21). The Morgan fingerprint density at radius 3 is 2.57 bits per heavy atom. The molecule has 0 atom stereocenters. The molecule has 1 aliphatic carbocycles. The van der Waals surface area contributed by atoms with E-state index in [9.17, 15) is 19.5 Å². The van der Waals surface area contributed by atoms with Crippen LogP contribution < -0.4 is 10.9 Å². The number of nitrogens with one attached hydrogen (secondary N) is 2. The fourth-order valence-electron chi connectivity index (χ4n) is 2.84. The van der Waals surface area contributed by atoms with Gasteiger partial charge in [-0.25, -0.2) is 4.79 Å². The number of hydrogen-bond donors (Lipinski definition) is 3. The lowest BCUT2D eigenvalue weighted by atomic mass is 9.75. The van der Waals surface area contributed by atoms with Gasteiger partial charge in [0.25, 0.3) is 5.91 Å². The number of H-pyrrole nitrogens is 1. The topological polar surface area (TPSA) is 99.3 Å². The molecule has 1 amide bonds. The molecule has 0 aliphatic heterocycles. The van der Waals surface area contributed by atoms with Crippen LogP contribution in [0.4, 0.5) is 0 Å². The molecular formula is C15H20N2O4. The second kappa shape index (κ2) is 6.11. The van der Waals surface area contributed by atoms with Gasteiger partial charge >= 0.3 is 5.97 Å². The van der Waals surface area contributed by atoms with Crippen molar-refractivity contribution in [2.24, 2.45) is 5.92 Å². The van der Waals surface area contributed by atoms with E-state index in [1.165, 1.54) is 18.2 Å². The van der Waals surface area contributed by atoms with Gasteiger partial charge in [0.1, 0.15) is 11.2 Å². The lowest BCUT2D eigenvalue weighted by molar-refractivity contribution is -0.146. The van der Waals surface area contributed by atoms with Crippen LogP contribution in [0.5, 0.6) is 0 Å². The van der Waals surface area contributed by atoms with Gasteiger partial charge in [0.2, 0.25) is 5.56 Å². The molecule has 0 radical (unpaired) electrons. The van der Waals surface area contributed by atoms with Crippen LogP contribution in [0, 0.1) is 5.92 Å². The molecule has 0 unspecified atom stereocenters. The number of aromatic nitrogens is 1. The van der Waals surface area contributed by atoms with E-state index in [1.54, 1.807) is 0 Å². The van der Waals surface area contributed by atoms with Gasteiger partial charge in [-0.1, -0.05) is 19.4 Å². The van der Waals surface area contributed by atoms with Crippen molar-refractivity contribution in [3.8, 4) is 0 Å². The van der Waals surface area contributed by atoms with Gasteiger partial charge < -0.3 is 15.4 Å². The highest BCUT2D eigenvalue weighted by Gasteiger charge is 2.43. The van der Waals surface area contributed by atoms with Gasteiger partial charge in [0.15, 0.2) is 0 Å². The van der Waals surface area contributed by atoms with Gasteiger partial charge in [-0.2, -0.15) is 0 Å². The highest BCUT2D eigenvalue weighted by atomic mass is 16.4. The monoisotopic (exact) mass is 292 g/mol. The summed E-state index contributed by atoms with van der Waals surface area (Å²) in [6, 6.07) is 4.23. The first-order chi connectivity index (χ1) is 9.97. The zero-order chi connectivity index (χ0) is 15.5. The molecular weight excluding hydrogens is 272 g/mol. The molecule has 2 rings (SSSR count). The Labute approximate surface area is 122 Å². The van der Waals surface area contributed by atoms with Crippen LogP contribution in [0.3, 0.4) is 0 Å². The molecule has 114 valence electrons. The molecule has 1 heterocycles.